The zero-order valence-corrected chi connectivity index (χ0v) is 17.1. The van der Waals surface area contributed by atoms with Crippen molar-refractivity contribution >= 4 is 22.4 Å². The maximum absolute atomic E-state index is 12.5. The maximum Gasteiger partial charge on any atom is 0.257 e. The van der Waals surface area contributed by atoms with Gasteiger partial charge >= 0.3 is 0 Å². The quantitative estimate of drug-likeness (QED) is 0.523. The lowest BCUT2D eigenvalue weighted by molar-refractivity contribution is 0.102. The number of hydrogen-bond acceptors (Lipinski definition) is 7. The van der Waals surface area contributed by atoms with Gasteiger partial charge in [0.15, 0.2) is 0 Å². The van der Waals surface area contributed by atoms with Gasteiger partial charge in [0, 0.05) is 12.0 Å². The number of hydrogen-bond donors (Lipinski definition) is 1. The largest absolute Gasteiger partial charge is 0.489 e. The molecule has 0 bridgehead atoms. The predicted octanol–water partition coefficient (Wildman–Crippen LogP) is 4.71. The molecular weight excluding hydrogens is 376 g/mol. The van der Waals surface area contributed by atoms with Crippen LogP contribution in [-0.4, -0.2) is 21.3 Å². The molecule has 3 rings (SSSR count). The smallest absolute Gasteiger partial charge is 0.257 e. The Bertz CT molecular complexity index is 916. The molecule has 0 fully saturated rings. The number of aryl methyl sites for hydroxylation is 3. The van der Waals surface area contributed by atoms with Crippen LogP contribution in [0, 0.1) is 13.8 Å². The van der Waals surface area contributed by atoms with Gasteiger partial charge in [0.2, 0.25) is 5.13 Å². The van der Waals surface area contributed by atoms with Gasteiger partial charge in [-0.15, -0.1) is 10.2 Å². The fraction of sp³-hybridized carbons (Fsp3) is 0.400. The lowest BCUT2D eigenvalue weighted by Gasteiger charge is -2.07. The van der Waals surface area contributed by atoms with Crippen LogP contribution in [0.5, 0.6) is 5.75 Å². The van der Waals surface area contributed by atoms with Crippen molar-refractivity contribution in [2.45, 2.75) is 53.1 Å². The van der Waals surface area contributed by atoms with E-state index in [-0.39, 0.29) is 5.91 Å². The number of rotatable bonds is 9. The van der Waals surface area contributed by atoms with Crippen LogP contribution in [-0.2, 0) is 13.0 Å². The van der Waals surface area contributed by atoms with Gasteiger partial charge in [-0.25, -0.2) is 0 Å². The lowest BCUT2D eigenvalue weighted by atomic mass is 10.2. The van der Waals surface area contributed by atoms with Gasteiger partial charge in [-0.05, 0) is 38.5 Å². The molecule has 2 heterocycles. The van der Waals surface area contributed by atoms with Gasteiger partial charge in [-0.2, -0.15) is 0 Å². The average Bonchev–Trinajstić information content (AvgIpc) is 3.27. The predicted molar refractivity (Wildman–Crippen MR) is 108 cm³/mol. The first-order valence-electron chi connectivity index (χ1n) is 9.35. The molecule has 148 valence electrons. The van der Waals surface area contributed by atoms with Crippen LogP contribution in [0.25, 0.3) is 0 Å². The molecule has 0 spiro atoms. The molecule has 1 aromatic carbocycles. The lowest BCUT2D eigenvalue weighted by Crippen LogP contribution is -2.11. The third-order valence-electron chi connectivity index (χ3n) is 4.34. The molecule has 0 aliphatic heterocycles. The second-order valence-corrected chi connectivity index (χ2v) is 7.59. The highest BCUT2D eigenvalue weighted by molar-refractivity contribution is 7.15. The third kappa shape index (κ3) is 5.16. The van der Waals surface area contributed by atoms with Crippen molar-refractivity contribution in [2.75, 3.05) is 5.32 Å². The first-order valence-corrected chi connectivity index (χ1v) is 10.2. The summed E-state index contributed by atoms with van der Waals surface area (Å²) in [6, 6.07) is 7.04. The molecule has 2 aromatic heterocycles. The number of benzene rings is 1. The maximum atomic E-state index is 12.5. The van der Waals surface area contributed by atoms with E-state index in [0.717, 1.165) is 41.3 Å². The molecular formula is C20H24N4O3S. The SMILES string of the molecule is CCCCCc1nnc(NC(=O)c2cccc(OCc3c(C)noc3C)c2)s1. The molecule has 28 heavy (non-hydrogen) atoms. The molecule has 0 radical (unpaired) electrons. The Balaban J connectivity index is 1.59. The summed E-state index contributed by atoms with van der Waals surface area (Å²) in [7, 11) is 0. The van der Waals surface area contributed by atoms with Crippen LogP contribution >= 0.6 is 11.3 Å². The first-order chi connectivity index (χ1) is 13.6. The van der Waals surface area contributed by atoms with Crippen LogP contribution in [0.3, 0.4) is 0 Å². The highest BCUT2D eigenvalue weighted by Crippen LogP contribution is 2.21. The minimum atomic E-state index is -0.237. The van der Waals surface area contributed by atoms with Crippen molar-refractivity contribution < 1.29 is 14.1 Å². The number of anilines is 1. The minimum absolute atomic E-state index is 0.237. The number of amides is 1. The Morgan fingerprint density at radius 1 is 1.25 bits per heavy atom. The van der Waals surface area contributed by atoms with E-state index in [4.69, 9.17) is 9.26 Å². The molecule has 0 saturated heterocycles. The van der Waals surface area contributed by atoms with Crippen LogP contribution < -0.4 is 10.1 Å². The number of nitrogens with one attached hydrogen (secondary N) is 1. The van der Waals surface area contributed by atoms with Gasteiger partial charge in [0.25, 0.3) is 5.91 Å². The number of carbonyl (C=O) groups excluding carboxylic acids is 1. The van der Waals surface area contributed by atoms with E-state index in [1.165, 1.54) is 17.8 Å². The summed E-state index contributed by atoms with van der Waals surface area (Å²) in [5.74, 6) is 1.10. The molecule has 0 aliphatic carbocycles. The fourth-order valence-corrected chi connectivity index (χ4v) is 3.47. The van der Waals surface area contributed by atoms with Gasteiger partial charge in [0.1, 0.15) is 23.1 Å². The van der Waals surface area contributed by atoms with Crippen LogP contribution in [0.2, 0.25) is 0 Å². The Hall–Kier alpha value is -2.74. The van der Waals surface area contributed by atoms with E-state index in [1.54, 1.807) is 18.2 Å². The number of unbranched alkanes of at least 4 members (excludes halogenated alkanes) is 2. The summed E-state index contributed by atoms with van der Waals surface area (Å²) in [5, 5.41) is 16.4. The number of ether oxygens (including phenoxy) is 1. The van der Waals surface area contributed by atoms with E-state index in [0.29, 0.717) is 23.1 Å². The van der Waals surface area contributed by atoms with Crippen molar-refractivity contribution in [3.63, 3.8) is 0 Å². The second-order valence-electron chi connectivity index (χ2n) is 6.53. The van der Waals surface area contributed by atoms with Crippen molar-refractivity contribution in [1.29, 1.82) is 0 Å². The molecule has 1 amide bonds. The van der Waals surface area contributed by atoms with Crippen LogP contribution in [0.4, 0.5) is 5.13 Å². The van der Waals surface area contributed by atoms with Crippen LogP contribution in [0.1, 0.15) is 58.6 Å². The highest BCUT2D eigenvalue weighted by Gasteiger charge is 2.13. The van der Waals surface area contributed by atoms with Gasteiger partial charge < -0.3 is 9.26 Å². The summed E-state index contributed by atoms with van der Waals surface area (Å²) < 4.78 is 10.9. The summed E-state index contributed by atoms with van der Waals surface area (Å²) >= 11 is 1.42. The molecule has 0 saturated carbocycles. The number of aromatic nitrogens is 3. The Morgan fingerprint density at radius 2 is 2.11 bits per heavy atom. The molecule has 3 aromatic rings. The standard InChI is InChI=1S/C20H24N4O3S/c1-4-5-6-10-18-22-23-20(28-18)21-19(25)15-8-7-9-16(11-15)26-12-17-13(2)24-27-14(17)3/h7-9,11H,4-6,10,12H2,1-3H3,(H,21,23,25). The summed E-state index contributed by atoms with van der Waals surface area (Å²) in [6.07, 6.45) is 4.31. The highest BCUT2D eigenvalue weighted by atomic mass is 32.1. The number of nitrogens with zero attached hydrogens (tertiary/aromatic N) is 3. The molecule has 0 atom stereocenters. The topological polar surface area (TPSA) is 90.1 Å². The minimum Gasteiger partial charge on any atom is -0.489 e. The Kier molecular flexibility index (Phi) is 6.76. The molecule has 0 aliphatic rings. The van der Waals surface area contributed by atoms with Crippen molar-refractivity contribution in [3.8, 4) is 5.75 Å². The van der Waals surface area contributed by atoms with E-state index in [2.05, 4.69) is 27.6 Å². The van der Waals surface area contributed by atoms with E-state index < -0.39 is 0 Å². The van der Waals surface area contributed by atoms with Crippen molar-refractivity contribution in [1.82, 2.24) is 15.4 Å². The molecule has 0 unspecified atom stereocenters. The Labute approximate surface area is 168 Å². The van der Waals surface area contributed by atoms with E-state index in [9.17, 15) is 4.79 Å². The normalized spacial score (nSPS) is 10.8. The summed E-state index contributed by atoms with van der Waals surface area (Å²) in [6.45, 7) is 6.22. The number of carbonyl (C=O) groups is 1. The summed E-state index contributed by atoms with van der Waals surface area (Å²) in [5.41, 5.74) is 2.22. The zero-order chi connectivity index (χ0) is 19.9. The van der Waals surface area contributed by atoms with Gasteiger partial charge in [0.05, 0.1) is 11.3 Å². The molecule has 7 nitrogen and oxygen atoms in total. The van der Waals surface area contributed by atoms with Gasteiger partial charge in [-0.1, -0.05) is 42.3 Å². The third-order valence-corrected chi connectivity index (χ3v) is 5.24. The summed E-state index contributed by atoms with van der Waals surface area (Å²) in [4.78, 5) is 12.5. The van der Waals surface area contributed by atoms with Crippen molar-refractivity contribution in [3.05, 3.63) is 51.9 Å². The first kappa shape index (κ1) is 20.0. The monoisotopic (exact) mass is 400 g/mol. The average molecular weight is 401 g/mol. The second kappa shape index (κ2) is 9.45. The zero-order valence-electron chi connectivity index (χ0n) is 16.3. The van der Waals surface area contributed by atoms with E-state index >= 15 is 0 Å². The molecule has 8 heteroatoms. The molecule has 1 N–H and O–H groups in total. The van der Waals surface area contributed by atoms with Crippen molar-refractivity contribution in [2.24, 2.45) is 0 Å². The van der Waals surface area contributed by atoms with E-state index in [1.807, 2.05) is 19.9 Å². The fourth-order valence-electron chi connectivity index (χ4n) is 2.69. The van der Waals surface area contributed by atoms with Gasteiger partial charge in [-0.3, -0.25) is 10.1 Å². The Morgan fingerprint density at radius 3 is 2.86 bits per heavy atom. The van der Waals surface area contributed by atoms with Crippen LogP contribution in [0.15, 0.2) is 28.8 Å².